The second kappa shape index (κ2) is 7.90. The average molecular weight is 358 g/mol. The predicted octanol–water partition coefficient (Wildman–Crippen LogP) is 4.02. The molecule has 0 unspecified atom stereocenters. The predicted molar refractivity (Wildman–Crippen MR) is 72.8 cm³/mol. The molecule has 10 heteroatoms. The highest BCUT2D eigenvalue weighted by Gasteiger charge is 2.33. The van der Waals surface area contributed by atoms with Crippen LogP contribution in [0.25, 0.3) is 0 Å². The lowest BCUT2D eigenvalue weighted by Gasteiger charge is -2.16. The van der Waals surface area contributed by atoms with E-state index in [1.807, 2.05) is 0 Å². The molecule has 0 aliphatic carbocycles. The maximum Gasteiger partial charge on any atom is 0.416 e. The molecule has 1 aromatic carbocycles. The first kappa shape index (κ1) is 19.6. The van der Waals surface area contributed by atoms with Gasteiger partial charge in [0.25, 0.3) is 0 Å². The molecule has 0 heterocycles. The maximum absolute atomic E-state index is 13.5. The van der Waals surface area contributed by atoms with Crippen molar-refractivity contribution in [2.45, 2.75) is 20.0 Å². The number of hydrogen-bond donors (Lipinski definition) is 0. The van der Waals surface area contributed by atoms with Crippen molar-refractivity contribution in [1.29, 1.82) is 0 Å². The smallest absolute Gasteiger partial charge is 0.416 e. The number of ether oxygens (including phenoxy) is 1. The minimum atomic E-state index is -4.72. The lowest BCUT2D eigenvalue weighted by atomic mass is 10.2. The van der Waals surface area contributed by atoms with Crippen molar-refractivity contribution in [2.75, 3.05) is 19.4 Å². The van der Waals surface area contributed by atoms with Crippen LogP contribution in [0.1, 0.15) is 19.4 Å². The first-order chi connectivity index (χ1) is 10.6. The molecule has 0 spiro atoms. The van der Waals surface area contributed by atoms with Crippen LogP contribution in [0.5, 0.6) is 5.75 Å². The molecule has 0 radical (unpaired) electrons. The highest BCUT2D eigenvalue weighted by molar-refractivity contribution is 7.54. The van der Waals surface area contributed by atoms with Crippen LogP contribution >= 0.6 is 7.60 Å². The van der Waals surface area contributed by atoms with Gasteiger partial charge in [-0.1, -0.05) is 0 Å². The Labute approximate surface area is 130 Å². The summed E-state index contributed by atoms with van der Waals surface area (Å²) in [5.41, 5.74) is -1.18. The quantitative estimate of drug-likeness (QED) is 0.319. The van der Waals surface area contributed by atoms with Crippen LogP contribution in [-0.2, 0) is 24.6 Å². The molecule has 1 aromatic rings. The van der Waals surface area contributed by atoms with Crippen LogP contribution in [0.4, 0.5) is 17.6 Å². The molecule has 0 N–H and O–H groups in total. The number of benzene rings is 1. The molecular formula is C13H15F4O5P. The van der Waals surface area contributed by atoms with Crippen molar-refractivity contribution in [3.05, 3.63) is 29.6 Å². The Balaban J connectivity index is 2.90. The molecule has 0 fully saturated rings. The minimum Gasteiger partial charge on any atom is -0.423 e. The number of hydrogen-bond acceptors (Lipinski definition) is 5. The summed E-state index contributed by atoms with van der Waals surface area (Å²) in [5.74, 6) is -3.30. The summed E-state index contributed by atoms with van der Waals surface area (Å²) in [5, 5.41) is 0. The van der Waals surface area contributed by atoms with E-state index in [0.717, 1.165) is 0 Å². The number of esters is 1. The van der Waals surface area contributed by atoms with Crippen LogP contribution in [0.15, 0.2) is 18.2 Å². The van der Waals surface area contributed by atoms with Crippen molar-refractivity contribution in [2.24, 2.45) is 0 Å². The molecule has 1 rings (SSSR count). The van der Waals surface area contributed by atoms with Crippen LogP contribution < -0.4 is 4.74 Å². The summed E-state index contributed by atoms with van der Waals surface area (Å²) in [6.07, 6.45) is -5.56. The molecule has 0 aliphatic rings. The molecule has 130 valence electrons. The van der Waals surface area contributed by atoms with E-state index in [1.165, 1.54) is 13.8 Å². The Morgan fingerprint density at radius 3 is 2.22 bits per heavy atom. The second-order valence-corrected chi connectivity index (χ2v) is 6.28. The molecule has 0 amide bonds. The monoisotopic (exact) mass is 358 g/mol. The summed E-state index contributed by atoms with van der Waals surface area (Å²) in [7, 11) is -3.79. The molecule has 0 aromatic heterocycles. The van der Waals surface area contributed by atoms with Gasteiger partial charge in [-0.3, -0.25) is 9.36 Å². The Morgan fingerprint density at radius 2 is 1.74 bits per heavy atom. The van der Waals surface area contributed by atoms with Crippen molar-refractivity contribution in [3.63, 3.8) is 0 Å². The maximum atomic E-state index is 13.5. The zero-order valence-corrected chi connectivity index (χ0v) is 13.2. The van der Waals surface area contributed by atoms with Crippen LogP contribution in [0.3, 0.4) is 0 Å². The van der Waals surface area contributed by atoms with Crippen molar-refractivity contribution >= 4 is 13.6 Å². The molecule has 0 bridgehead atoms. The summed E-state index contributed by atoms with van der Waals surface area (Å²) in [6, 6.07) is 1.38. The van der Waals surface area contributed by atoms with Gasteiger partial charge in [0.05, 0.1) is 18.8 Å². The first-order valence-electron chi connectivity index (χ1n) is 6.57. The fraction of sp³-hybridized carbons (Fsp3) is 0.462. The third kappa shape index (κ3) is 5.93. The molecule has 0 saturated carbocycles. The van der Waals surface area contributed by atoms with Gasteiger partial charge in [-0.2, -0.15) is 13.2 Å². The van der Waals surface area contributed by atoms with E-state index in [4.69, 9.17) is 9.05 Å². The third-order valence-corrected chi connectivity index (χ3v) is 4.41. The van der Waals surface area contributed by atoms with E-state index >= 15 is 0 Å². The van der Waals surface area contributed by atoms with Crippen LogP contribution in [0, 0.1) is 5.82 Å². The summed E-state index contributed by atoms with van der Waals surface area (Å²) in [4.78, 5) is 11.7. The molecule has 5 nitrogen and oxygen atoms in total. The van der Waals surface area contributed by atoms with Crippen molar-refractivity contribution in [1.82, 2.24) is 0 Å². The Bertz CT molecular complexity index is 593. The van der Waals surface area contributed by atoms with E-state index in [2.05, 4.69) is 4.74 Å². The zero-order chi connectivity index (χ0) is 17.7. The van der Waals surface area contributed by atoms with Gasteiger partial charge in [0, 0.05) is 0 Å². The number of carbonyl (C=O) groups is 1. The van der Waals surface area contributed by atoms with E-state index in [-0.39, 0.29) is 13.2 Å². The zero-order valence-electron chi connectivity index (χ0n) is 12.4. The van der Waals surface area contributed by atoms with Gasteiger partial charge in [0.1, 0.15) is 6.16 Å². The van der Waals surface area contributed by atoms with E-state index in [9.17, 15) is 26.9 Å². The Hall–Kier alpha value is -1.44. The highest BCUT2D eigenvalue weighted by atomic mass is 31.2. The Kier molecular flexibility index (Phi) is 6.73. The van der Waals surface area contributed by atoms with Gasteiger partial charge < -0.3 is 13.8 Å². The van der Waals surface area contributed by atoms with Gasteiger partial charge >= 0.3 is 19.7 Å². The topological polar surface area (TPSA) is 61.8 Å². The second-order valence-electron chi connectivity index (χ2n) is 4.22. The van der Waals surface area contributed by atoms with Gasteiger partial charge in [0.2, 0.25) is 0 Å². The summed E-state index contributed by atoms with van der Waals surface area (Å²) in [6.45, 7) is 3.01. The van der Waals surface area contributed by atoms with Crippen LogP contribution in [-0.4, -0.2) is 25.3 Å². The lowest BCUT2D eigenvalue weighted by molar-refractivity contribution is -0.138. The molecule has 0 saturated heterocycles. The van der Waals surface area contributed by atoms with Gasteiger partial charge in [-0.25, -0.2) is 4.39 Å². The van der Waals surface area contributed by atoms with Gasteiger partial charge in [-0.05, 0) is 32.0 Å². The van der Waals surface area contributed by atoms with E-state index in [0.29, 0.717) is 18.2 Å². The fourth-order valence-electron chi connectivity index (χ4n) is 1.59. The van der Waals surface area contributed by atoms with Crippen LogP contribution in [0.2, 0.25) is 0 Å². The number of carbonyl (C=O) groups excluding carboxylic acids is 1. The summed E-state index contributed by atoms with van der Waals surface area (Å²) >= 11 is 0. The lowest BCUT2D eigenvalue weighted by Crippen LogP contribution is -2.17. The standard InChI is InChI=1S/C13H15F4O5P/c1-3-20-23(19,21-4-2)8-12(18)22-11-7-9(13(15,16)17)5-6-10(11)14/h5-7H,3-4,8H2,1-2H3. The molecule has 23 heavy (non-hydrogen) atoms. The van der Waals surface area contributed by atoms with Crippen molar-refractivity contribution in [3.8, 4) is 5.75 Å². The van der Waals surface area contributed by atoms with E-state index < -0.39 is 43.0 Å². The molecular weight excluding hydrogens is 343 g/mol. The average Bonchev–Trinajstić information content (AvgIpc) is 2.40. The number of rotatable bonds is 7. The number of alkyl halides is 3. The minimum absolute atomic E-state index is 0.0114. The van der Waals surface area contributed by atoms with Crippen molar-refractivity contribution < 1.29 is 40.7 Å². The molecule has 0 aliphatic heterocycles. The Morgan fingerprint density at radius 1 is 1.17 bits per heavy atom. The number of halogens is 4. The first-order valence-corrected chi connectivity index (χ1v) is 8.29. The van der Waals surface area contributed by atoms with E-state index in [1.54, 1.807) is 0 Å². The van der Waals surface area contributed by atoms with Gasteiger partial charge in [0.15, 0.2) is 11.6 Å². The normalized spacial score (nSPS) is 12.3. The molecule has 0 atom stereocenters. The fourth-order valence-corrected chi connectivity index (χ4v) is 3.02. The SMILES string of the molecule is CCOP(=O)(CC(=O)Oc1cc(C(F)(F)F)ccc1F)OCC. The third-order valence-electron chi connectivity index (χ3n) is 2.46. The van der Waals surface area contributed by atoms with Gasteiger partial charge in [-0.15, -0.1) is 0 Å². The highest BCUT2D eigenvalue weighted by Crippen LogP contribution is 2.47. The largest absolute Gasteiger partial charge is 0.423 e. The summed E-state index contributed by atoms with van der Waals surface area (Å²) < 4.78 is 77.5.